The van der Waals surface area contributed by atoms with Crippen molar-refractivity contribution in [1.82, 2.24) is 0 Å². The maximum Gasteiger partial charge on any atom is 0.156 e. The van der Waals surface area contributed by atoms with Gasteiger partial charge in [0.1, 0.15) is 6.07 Å². The molecule has 0 bridgehead atoms. The molecule has 0 amide bonds. The van der Waals surface area contributed by atoms with Gasteiger partial charge in [-0.2, -0.15) is 5.26 Å². The molecule has 0 unspecified atom stereocenters. The molecule has 44 valence electrons. The quantitative estimate of drug-likeness (QED) is 0.331. The standard InChI is InChI=1S/C5H8N2O/c1-2-3-5(4-6)7-8/h8H,2-3H2,1H3/b7-5-. The molecule has 0 aliphatic heterocycles. The lowest BCUT2D eigenvalue weighted by atomic mass is 10.2. The third-order valence-corrected chi connectivity index (χ3v) is 0.737. The minimum atomic E-state index is 0.201. The lowest BCUT2D eigenvalue weighted by Gasteiger charge is -1.84. The van der Waals surface area contributed by atoms with Crippen LogP contribution in [0.15, 0.2) is 5.16 Å². The highest BCUT2D eigenvalue weighted by atomic mass is 16.4. The van der Waals surface area contributed by atoms with Crippen LogP contribution in [0, 0.1) is 11.3 Å². The molecule has 3 heteroatoms. The minimum Gasteiger partial charge on any atom is -0.410 e. The van der Waals surface area contributed by atoms with Gasteiger partial charge in [0.25, 0.3) is 0 Å². The van der Waals surface area contributed by atoms with Gasteiger partial charge in [-0.05, 0) is 6.42 Å². The highest BCUT2D eigenvalue weighted by molar-refractivity contribution is 5.97. The molecule has 0 aliphatic rings. The van der Waals surface area contributed by atoms with Crippen molar-refractivity contribution >= 4 is 5.71 Å². The summed E-state index contributed by atoms with van der Waals surface area (Å²) in [4.78, 5) is 0. The fraction of sp³-hybridized carbons (Fsp3) is 0.600. The number of hydrogen-bond acceptors (Lipinski definition) is 3. The third kappa shape index (κ3) is 2.19. The average Bonchev–Trinajstić information content (AvgIpc) is 1.83. The lowest BCUT2D eigenvalue weighted by Crippen LogP contribution is -1.90. The Morgan fingerprint density at radius 2 is 2.50 bits per heavy atom. The Bertz CT molecular complexity index is 123. The molecule has 3 nitrogen and oxygen atoms in total. The molecule has 0 rings (SSSR count). The smallest absolute Gasteiger partial charge is 0.156 e. The van der Waals surface area contributed by atoms with E-state index in [0.717, 1.165) is 6.42 Å². The third-order valence-electron chi connectivity index (χ3n) is 0.737. The van der Waals surface area contributed by atoms with Crippen molar-refractivity contribution in [2.45, 2.75) is 19.8 Å². The van der Waals surface area contributed by atoms with Crippen LogP contribution in [-0.2, 0) is 0 Å². The molecule has 0 spiro atoms. The van der Waals surface area contributed by atoms with Gasteiger partial charge in [-0.1, -0.05) is 12.1 Å². The highest BCUT2D eigenvalue weighted by Crippen LogP contribution is 1.88. The summed E-state index contributed by atoms with van der Waals surface area (Å²) in [6, 6.07) is 1.75. The fourth-order valence-electron chi connectivity index (χ4n) is 0.365. The zero-order chi connectivity index (χ0) is 6.41. The van der Waals surface area contributed by atoms with Gasteiger partial charge in [-0.3, -0.25) is 0 Å². The predicted octanol–water partition coefficient (Wildman–Crippen LogP) is 1.14. The van der Waals surface area contributed by atoms with E-state index in [9.17, 15) is 0 Å². The Kier molecular flexibility index (Phi) is 3.59. The van der Waals surface area contributed by atoms with Crippen molar-refractivity contribution in [3.05, 3.63) is 0 Å². The van der Waals surface area contributed by atoms with E-state index in [2.05, 4.69) is 5.16 Å². The number of hydrogen-bond donors (Lipinski definition) is 1. The molecule has 1 N–H and O–H groups in total. The second-order valence-electron chi connectivity index (χ2n) is 1.41. The van der Waals surface area contributed by atoms with Gasteiger partial charge in [0.05, 0.1) is 0 Å². The van der Waals surface area contributed by atoms with Crippen molar-refractivity contribution in [3.63, 3.8) is 0 Å². The second-order valence-corrected chi connectivity index (χ2v) is 1.41. The van der Waals surface area contributed by atoms with Crippen LogP contribution in [0.25, 0.3) is 0 Å². The summed E-state index contributed by atoms with van der Waals surface area (Å²) in [5.74, 6) is 0. The molecule has 0 atom stereocenters. The minimum absolute atomic E-state index is 0.201. The van der Waals surface area contributed by atoms with Crippen LogP contribution in [0.5, 0.6) is 0 Å². The predicted molar refractivity (Wildman–Crippen MR) is 29.7 cm³/mol. The molecule has 0 aromatic rings. The Morgan fingerprint density at radius 3 is 2.62 bits per heavy atom. The summed E-state index contributed by atoms with van der Waals surface area (Å²) in [7, 11) is 0. The van der Waals surface area contributed by atoms with Crippen molar-refractivity contribution < 1.29 is 5.21 Å². The molecule has 8 heavy (non-hydrogen) atoms. The molecule has 0 aromatic heterocycles. The van der Waals surface area contributed by atoms with E-state index < -0.39 is 0 Å². The monoisotopic (exact) mass is 112 g/mol. The first-order valence-electron chi connectivity index (χ1n) is 2.46. The Morgan fingerprint density at radius 1 is 1.88 bits per heavy atom. The van der Waals surface area contributed by atoms with E-state index in [1.54, 1.807) is 6.07 Å². The first-order valence-corrected chi connectivity index (χ1v) is 2.46. The molecular formula is C5H8N2O. The van der Waals surface area contributed by atoms with E-state index in [-0.39, 0.29) is 5.71 Å². The molecule has 0 heterocycles. The number of oxime groups is 1. The molecule has 0 fully saturated rings. The van der Waals surface area contributed by atoms with Crippen LogP contribution in [0.4, 0.5) is 0 Å². The van der Waals surface area contributed by atoms with Crippen molar-refractivity contribution in [1.29, 1.82) is 5.26 Å². The Hall–Kier alpha value is -1.04. The molecule has 0 aromatic carbocycles. The summed E-state index contributed by atoms with van der Waals surface area (Å²) in [5.41, 5.74) is 0.201. The van der Waals surface area contributed by atoms with Crippen LogP contribution < -0.4 is 0 Å². The van der Waals surface area contributed by atoms with Gasteiger partial charge in [-0.15, -0.1) is 0 Å². The van der Waals surface area contributed by atoms with Gasteiger partial charge in [0.2, 0.25) is 0 Å². The number of nitrogens with zero attached hydrogens (tertiary/aromatic N) is 2. The average molecular weight is 112 g/mol. The fourth-order valence-corrected chi connectivity index (χ4v) is 0.365. The number of rotatable bonds is 2. The van der Waals surface area contributed by atoms with E-state index in [4.69, 9.17) is 10.5 Å². The number of nitriles is 1. The summed E-state index contributed by atoms with van der Waals surface area (Å²) >= 11 is 0. The van der Waals surface area contributed by atoms with Crippen LogP contribution in [0.2, 0.25) is 0 Å². The van der Waals surface area contributed by atoms with E-state index in [0.29, 0.717) is 6.42 Å². The molecule has 0 aliphatic carbocycles. The van der Waals surface area contributed by atoms with Crippen LogP contribution in [-0.4, -0.2) is 10.9 Å². The summed E-state index contributed by atoms with van der Waals surface area (Å²) in [6.07, 6.45) is 1.40. The summed E-state index contributed by atoms with van der Waals surface area (Å²) < 4.78 is 0. The molecule has 0 saturated carbocycles. The summed E-state index contributed by atoms with van der Waals surface area (Å²) in [6.45, 7) is 1.92. The van der Waals surface area contributed by atoms with Crippen molar-refractivity contribution in [2.75, 3.05) is 0 Å². The van der Waals surface area contributed by atoms with Crippen LogP contribution >= 0.6 is 0 Å². The van der Waals surface area contributed by atoms with E-state index in [1.165, 1.54) is 0 Å². The Labute approximate surface area is 48.2 Å². The van der Waals surface area contributed by atoms with Crippen LogP contribution in [0.1, 0.15) is 19.8 Å². The van der Waals surface area contributed by atoms with Crippen molar-refractivity contribution in [2.24, 2.45) is 5.16 Å². The van der Waals surface area contributed by atoms with E-state index in [1.807, 2.05) is 6.92 Å². The Balaban J connectivity index is 3.60. The van der Waals surface area contributed by atoms with Gasteiger partial charge in [0.15, 0.2) is 5.71 Å². The van der Waals surface area contributed by atoms with Gasteiger partial charge < -0.3 is 5.21 Å². The largest absolute Gasteiger partial charge is 0.410 e. The second kappa shape index (κ2) is 4.13. The maximum absolute atomic E-state index is 8.12. The molecular weight excluding hydrogens is 104 g/mol. The van der Waals surface area contributed by atoms with Gasteiger partial charge >= 0.3 is 0 Å². The first kappa shape index (κ1) is 6.96. The molecule has 0 saturated heterocycles. The zero-order valence-corrected chi connectivity index (χ0v) is 4.76. The van der Waals surface area contributed by atoms with Crippen molar-refractivity contribution in [3.8, 4) is 6.07 Å². The van der Waals surface area contributed by atoms with Crippen LogP contribution in [0.3, 0.4) is 0 Å². The van der Waals surface area contributed by atoms with Gasteiger partial charge in [0, 0.05) is 6.42 Å². The first-order chi connectivity index (χ1) is 3.85. The topological polar surface area (TPSA) is 56.4 Å². The summed E-state index contributed by atoms with van der Waals surface area (Å²) in [5, 5.41) is 18.9. The lowest BCUT2D eigenvalue weighted by molar-refractivity contribution is 0.318. The normalized spacial score (nSPS) is 10.8. The highest BCUT2D eigenvalue weighted by Gasteiger charge is 1.91. The maximum atomic E-state index is 8.12. The SMILES string of the molecule is CCC/C(C#N)=N/O. The molecule has 0 radical (unpaired) electrons. The van der Waals surface area contributed by atoms with Gasteiger partial charge in [-0.25, -0.2) is 0 Å². The van der Waals surface area contributed by atoms with E-state index >= 15 is 0 Å². The zero-order valence-electron chi connectivity index (χ0n) is 4.76.